The average Bonchev–Trinajstić information content (AvgIpc) is 3.01. The van der Waals surface area contributed by atoms with Gasteiger partial charge >= 0.3 is 0 Å². The number of aliphatic hydroxyl groups is 1. The molecule has 2 N–H and O–H groups in total. The van der Waals surface area contributed by atoms with E-state index in [1.54, 1.807) is 6.07 Å². The van der Waals surface area contributed by atoms with Gasteiger partial charge in [0.25, 0.3) is 11.5 Å². The highest BCUT2D eigenvalue weighted by atomic mass is 32.1. The van der Waals surface area contributed by atoms with Gasteiger partial charge in [-0.3, -0.25) is 9.59 Å². The van der Waals surface area contributed by atoms with E-state index in [0.29, 0.717) is 6.54 Å². The molecule has 2 rings (SSSR count). The molecule has 1 atom stereocenters. The number of thiophene rings is 1. The Morgan fingerprint density at radius 3 is 2.95 bits per heavy atom. The normalized spacial score (nSPS) is 12.1. The van der Waals surface area contributed by atoms with Crippen molar-refractivity contribution in [3.05, 3.63) is 50.6 Å². The van der Waals surface area contributed by atoms with Crippen LogP contribution in [0.15, 0.2) is 33.8 Å². The third-order valence-corrected chi connectivity index (χ3v) is 3.62. The molecular formula is C14H17N3O3S. The fourth-order valence-electron chi connectivity index (χ4n) is 1.80. The summed E-state index contributed by atoms with van der Waals surface area (Å²) in [6.07, 6.45) is 0.0104. The Morgan fingerprint density at radius 2 is 2.29 bits per heavy atom. The summed E-state index contributed by atoms with van der Waals surface area (Å²) in [6, 6.07) is 4.52. The molecule has 0 aliphatic heterocycles. The Hall–Kier alpha value is -1.99. The van der Waals surface area contributed by atoms with Crippen molar-refractivity contribution in [1.29, 1.82) is 0 Å². The Labute approximate surface area is 126 Å². The summed E-state index contributed by atoms with van der Waals surface area (Å²) in [7, 11) is 0. The quantitative estimate of drug-likeness (QED) is 0.839. The van der Waals surface area contributed by atoms with Crippen molar-refractivity contribution in [3.8, 4) is 0 Å². The molecule has 0 saturated carbocycles. The lowest BCUT2D eigenvalue weighted by atomic mass is 10.2. The molecule has 21 heavy (non-hydrogen) atoms. The van der Waals surface area contributed by atoms with E-state index >= 15 is 0 Å². The van der Waals surface area contributed by atoms with Gasteiger partial charge in [0.2, 0.25) is 0 Å². The molecule has 0 aliphatic carbocycles. The van der Waals surface area contributed by atoms with E-state index in [0.717, 1.165) is 12.0 Å². The van der Waals surface area contributed by atoms with Gasteiger partial charge in [0.1, 0.15) is 5.69 Å². The number of hydrogen-bond acceptors (Lipinski definition) is 5. The minimum atomic E-state index is -0.748. The number of aliphatic hydroxyl groups excluding tert-OH is 1. The number of nitrogens with zero attached hydrogens (tertiary/aromatic N) is 2. The largest absolute Gasteiger partial charge is 0.387 e. The van der Waals surface area contributed by atoms with Crippen molar-refractivity contribution in [3.63, 3.8) is 0 Å². The summed E-state index contributed by atoms with van der Waals surface area (Å²) in [5.41, 5.74) is 0.705. The minimum absolute atomic E-state index is 0.101. The highest BCUT2D eigenvalue weighted by Crippen LogP contribution is 2.15. The van der Waals surface area contributed by atoms with Crippen LogP contribution in [0.2, 0.25) is 0 Å². The highest BCUT2D eigenvalue weighted by molar-refractivity contribution is 7.07. The molecule has 0 spiro atoms. The monoisotopic (exact) mass is 307 g/mol. The topological polar surface area (TPSA) is 84.2 Å². The first-order valence-corrected chi connectivity index (χ1v) is 7.62. The van der Waals surface area contributed by atoms with E-state index in [1.165, 1.54) is 28.2 Å². The SMILES string of the molecule is CCCn1nc(C(=O)NCC(O)c2ccsc2)ccc1=O. The van der Waals surface area contributed by atoms with E-state index in [2.05, 4.69) is 10.4 Å². The van der Waals surface area contributed by atoms with Gasteiger partial charge in [-0.15, -0.1) is 0 Å². The molecule has 0 bridgehead atoms. The van der Waals surface area contributed by atoms with Crippen molar-refractivity contribution < 1.29 is 9.90 Å². The molecule has 2 heterocycles. The predicted molar refractivity (Wildman–Crippen MR) is 80.4 cm³/mol. The molecule has 0 saturated heterocycles. The minimum Gasteiger partial charge on any atom is -0.387 e. The van der Waals surface area contributed by atoms with E-state index in [1.807, 2.05) is 17.7 Å². The summed E-state index contributed by atoms with van der Waals surface area (Å²) < 4.78 is 1.27. The van der Waals surface area contributed by atoms with Crippen molar-refractivity contribution in [2.24, 2.45) is 0 Å². The number of nitrogens with one attached hydrogen (secondary N) is 1. The summed E-state index contributed by atoms with van der Waals surface area (Å²) in [6.45, 7) is 2.50. The molecule has 0 radical (unpaired) electrons. The fourth-order valence-corrected chi connectivity index (χ4v) is 2.51. The molecule has 0 aromatic carbocycles. The number of aryl methyl sites for hydroxylation is 1. The molecule has 1 amide bonds. The average molecular weight is 307 g/mol. The summed E-state index contributed by atoms with van der Waals surface area (Å²) in [5, 5.41) is 20.2. The van der Waals surface area contributed by atoms with Gasteiger partial charge in [0.15, 0.2) is 0 Å². The molecule has 112 valence electrons. The third-order valence-electron chi connectivity index (χ3n) is 2.92. The van der Waals surface area contributed by atoms with Gasteiger partial charge in [-0.25, -0.2) is 4.68 Å². The highest BCUT2D eigenvalue weighted by Gasteiger charge is 2.13. The lowest BCUT2D eigenvalue weighted by molar-refractivity contribution is 0.0909. The van der Waals surface area contributed by atoms with Crippen LogP contribution in [0.3, 0.4) is 0 Å². The smallest absolute Gasteiger partial charge is 0.271 e. The number of rotatable bonds is 6. The molecular weight excluding hydrogens is 290 g/mol. The molecule has 2 aromatic heterocycles. The fraction of sp³-hybridized carbons (Fsp3) is 0.357. The van der Waals surface area contributed by atoms with E-state index in [9.17, 15) is 14.7 Å². The Balaban J connectivity index is 2.00. The second-order valence-electron chi connectivity index (χ2n) is 4.56. The van der Waals surface area contributed by atoms with Crippen molar-refractivity contribution >= 4 is 17.2 Å². The van der Waals surface area contributed by atoms with Gasteiger partial charge < -0.3 is 10.4 Å². The number of amides is 1. The van der Waals surface area contributed by atoms with Crippen LogP contribution >= 0.6 is 11.3 Å². The molecule has 2 aromatic rings. The zero-order valence-electron chi connectivity index (χ0n) is 11.7. The molecule has 7 heteroatoms. The van der Waals surface area contributed by atoms with Gasteiger partial charge in [-0.2, -0.15) is 16.4 Å². The van der Waals surface area contributed by atoms with Crippen molar-refractivity contribution in [2.45, 2.75) is 26.0 Å². The van der Waals surface area contributed by atoms with Crippen LogP contribution in [0.5, 0.6) is 0 Å². The maximum Gasteiger partial charge on any atom is 0.271 e. The number of aromatic nitrogens is 2. The predicted octanol–water partition coefficient (Wildman–Crippen LogP) is 1.18. The number of hydrogen-bond donors (Lipinski definition) is 2. The van der Waals surface area contributed by atoms with Crippen LogP contribution in [-0.4, -0.2) is 27.3 Å². The molecule has 1 unspecified atom stereocenters. The van der Waals surface area contributed by atoms with Crippen LogP contribution in [0.1, 0.15) is 35.5 Å². The summed E-state index contributed by atoms with van der Waals surface area (Å²) >= 11 is 1.48. The summed E-state index contributed by atoms with van der Waals surface area (Å²) in [4.78, 5) is 23.5. The molecule has 0 aliphatic rings. The van der Waals surface area contributed by atoms with Crippen LogP contribution in [0.25, 0.3) is 0 Å². The zero-order valence-corrected chi connectivity index (χ0v) is 12.5. The van der Waals surface area contributed by atoms with E-state index in [-0.39, 0.29) is 17.8 Å². The van der Waals surface area contributed by atoms with Gasteiger partial charge in [-0.1, -0.05) is 6.92 Å². The van der Waals surface area contributed by atoms with Gasteiger partial charge in [-0.05, 0) is 34.9 Å². The lowest BCUT2D eigenvalue weighted by Crippen LogP contribution is -2.32. The first-order valence-electron chi connectivity index (χ1n) is 6.68. The zero-order chi connectivity index (χ0) is 15.2. The lowest BCUT2D eigenvalue weighted by Gasteiger charge is -2.11. The van der Waals surface area contributed by atoms with E-state index in [4.69, 9.17) is 0 Å². The van der Waals surface area contributed by atoms with Crippen LogP contribution in [-0.2, 0) is 6.54 Å². The Bertz CT molecular complexity index is 652. The second kappa shape index (κ2) is 7.14. The van der Waals surface area contributed by atoms with Gasteiger partial charge in [0, 0.05) is 19.2 Å². The third kappa shape index (κ3) is 3.99. The first kappa shape index (κ1) is 15.4. The standard InChI is InChI=1S/C14H17N3O3S/c1-2-6-17-13(19)4-3-11(16-17)14(20)15-8-12(18)10-5-7-21-9-10/h3-5,7,9,12,18H,2,6,8H2,1H3,(H,15,20). The first-order chi connectivity index (χ1) is 10.1. The maximum absolute atomic E-state index is 12.0. The van der Waals surface area contributed by atoms with Crippen LogP contribution in [0.4, 0.5) is 0 Å². The van der Waals surface area contributed by atoms with E-state index < -0.39 is 12.0 Å². The van der Waals surface area contributed by atoms with Crippen molar-refractivity contribution in [1.82, 2.24) is 15.1 Å². The molecule has 0 fully saturated rings. The second-order valence-corrected chi connectivity index (χ2v) is 5.34. The van der Waals surface area contributed by atoms with Crippen molar-refractivity contribution in [2.75, 3.05) is 6.54 Å². The molecule has 6 nitrogen and oxygen atoms in total. The number of carbonyl (C=O) groups is 1. The van der Waals surface area contributed by atoms with Crippen LogP contribution < -0.4 is 10.9 Å². The van der Waals surface area contributed by atoms with Crippen LogP contribution in [0, 0.1) is 0 Å². The number of carbonyl (C=O) groups excluding carboxylic acids is 1. The summed E-state index contributed by atoms with van der Waals surface area (Å²) in [5.74, 6) is -0.408. The Morgan fingerprint density at radius 1 is 1.48 bits per heavy atom. The Kier molecular flexibility index (Phi) is 5.24. The van der Waals surface area contributed by atoms with Gasteiger partial charge in [0.05, 0.1) is 6.10 Å². The maximum atomic E-state index is 12.0.